The first-order valence-corrected chi connectivity index (χ1v) is 28.7. The maximum atomic E-state index is 12.8. The first-order valence-electron chi connectivity index (χ1n) is 28.7. The van der Waals surface area contributed by atoms with Gasteiger partial charge in [0.25, 0.3) is 0 Å². The number of ether oxygens (including phenoxy) is 3. The zero-order valence-corrected chi connectivity index (χ0v) is 45.7. The van der Waals surface area contributed by atoms with Gasteiger partial charge in [0.2, 0.25) is 0 Å². The summed E-state index contributed by atoms with van der Waals surface area (Å²) in [5, 5.41) is 0. The molecule has 0 spiro atoms. The van der Waals surface area contributed by atoms with Crippen LogP contribution in [0.4, 0.5) is 0 Å². The fourth-order valence-electron chi connectivity index (χ4n) is 7.42. The Kier molecular flexibility index (Phi) is 54.5. The minimum atomic E-state index is -0.830. The molecule has 0 saturated heterocycles. The van der Waals surface area contributed by atoms with Crippen molar-refractivity contribution < 1.29 is 28.6 Å². The van der Waals surface area contributed by atoms with E-state index in [4.69, 9.17) is 14.2 Å². The van der Waals surface area contributed by atoms with Gasteiger partial charge in [0.15, 0.2) is 6.10 Å². The second-order valence-electron chi connectivity index (χ2n) is 18.4. The lowest BCUT2D eigenvalue weighted by Crippen LogP contribution is -2.30. The summed E-state index contributed by atoms with van der Waals surface area (Å²) < 4.78 is 16.8. The van der Waals surface area contributed by atoms with Crippen molar-refractivity contribution in [2.75, 3.05) is 13.2 Å². The van der Waals surface area contributed by atoms with Gasteiger partial charge >= 0.3 is 17.9 Å². The summed E-state index contributed by atoms with van der Waals surface area (Å²) in [5.41, 5.74) is 0. The van der Waals surface area contributed by atoms with Crippen molar-refractivity contribution in [3.05, 3.63) is 134 Å². The summed E-state index contributed by atoms with van der Waals surface area (Å²) in [4.78, 5) is 38.1. The lowest BCUT2D eigenvalue weighted by atomic mass is 10.0. The molecule has 0 fully saturated rings. The molecule has 0 N–H and O–H groups in total. The molecule has 71 heavy (non-hydrogen) atoms. The van der Waals surface area contributed by atoms with E-state index < -0.39 is 6.10 Å². The van der Waals surface area contributed by atoms with Gasteiger partial charge in [0.1, 0.15) is 13.2 Å². The molecule has 0 aliphatic heterocycles. The number of hydrogen-bond acceptors (Lipinski definition) is 6. The minimum Gasteiger partial charge on any atom is -0.462 e. The Morgan fingerprint density at radius 3 is 0.901 bits per heavy atom. The molecule has 0 heterocycles. The van der Waals surface area contributed by atoms with Crippen molar-refractivity contribution in [3.8, 4) is 0 Å². The van der Waals surface area contributed by atoms with Crippen molar-refractivity contribution in [2.45, 2.75) is 245 Å². The summed E-state index contributed by atoms with van der Waals surface area (Å²) in [5.74, 6) is -1.02. The van der Waals surface area contributed by atoms with E-state index in [1.165, 1.54) is 77.0 Å². The molecule has 6 heteroatoms. The van der Waals surface area contributed by atoms with Crippen LogP contribution < -0.4 is 0 Å². The molecular weight excluding hydrogens is 877 g/mol. The SMILES string of the molecule is CC/C=C\C/C=C\C/C=C\C/C=C\C/C=C\C/C=C\CCCCC(=O)OCC(COC(=O)CCCCCCCCCCCCCCCCC)OC(=O)CCC/C=C\C/C=C\C/C=C\C/C=C\C/C=C\CC. The molecule has 0 bridgehead atoms. The second kappa shape index (κ2) is 58.1. The Labute approximate surface area is 436 Å². The zero-order valence-electron chi connectivity index (χ0n) is 45.7. The van der Waals surface area contributed by atoms with Gasteiger partial charge in [-0.25, -0.2) is 0 Å². The monoisotopic (exact) mass is 981 g/mol. The average Bonchev–Trinajstić information content (AvgIpc) is 3.37. The normalized spacial score (nSPS) is 13.1. The second-order valence-corrected chi connectivity index (χ2v) is 18.4. The van der Waals surface area contributed by atoms with Gasteiger partial charge in [-0.1, -0.05) is 244 Å². The predicted octanol–water partition coefficient (Wildman–Crippen LogP) is 19.4. The van der Waals surface area contributed by atoms with Crippen molar-refractivity contribution in [2.24, 2.45) is 0 Å². The van der Waals surface area contributed by atoms with Crippen LogP contribution in [0.25, 0.3) is 0 Å². The summed E-state index contributed by atoms with van der Waals surface area (Å²) in [6.07, 6.45) is 81.6. The third kappa shape index (κ3) is 56.3. The molecule has 400 valence electrons. The predicted molar refractivity (Wildman–Crippen MR) is 306 cm³/mol. The van der Waals surface area contributed by atoms with Crippen LogP contribution in [0, 0.1) is 0 Å². The molecule has 6 nitrogen and oxygen atoms in total. The molecule has 0 aromatic rings. The van der Waals surface area contributed by atoms with Crippen LogP contribution in [0.1, 0.15) is 239 Å². The number of allylic oxidation sites excluding steroid dienone is 22. The van der Waals surface area contributed by atoms with Crippen LogP contribution in [-0.4, -0.2) is 37.2 Å². The molecule has 0 rings (SSSR count). The van der Waals surface area contributed by atoms with Crippen LogP contribution >= 0.6 is 0 Å². The Balaban J connectivity index is 4.56. The van der Waals surface area contributed by atoms with E-state index >= 15 is 0 Å². The Bertz CT molecular complexity index is 1550. The number of unbranched alkanes of at least 4 members (excludes halogenated alkanes) is 17. The lowest BCUT2D eigenvalue weighted by molar-refractivity contribution is -0.167. The molecule has 0 amide bonds. The molecule has 0 aromatic carbocycles. The minimum absolute atomic E-state index is 0.117. The highest BCUT2D eigenvalue weighted by Crippen LogP contribution is 2.15. The quantitative estimate of drug-likeness (QED) is 0.0262. The highest BCUT2D eigenvalue weighted by atomic mass is 16.6. The number of rotatable bonds is 50. The molecule has 0 aliphatic rings. The fraction of sp³-hybridized carbons (Fsp3) is 0.615. The molecule has 1 atom stereocenters. The van der Waals surface area contributed by atoms with E-state index in [9.17, 15) is 14.4 Å². The fourth-order valence-corrected chi connectivity index (χ4v) is 7.42. The largest absolute Gasteiger partial charge is 0.462 e. The maximum Gasteiger partial charge on any atom is 0.306 e. The van der Waals surface area contributed by atoms with Gasteiger partial charge < -0.3 is 14.2 Å². The van der Waals surface area contributed by atoms with E-state index in [0.717, 1.165) is 109 Å². The van der Waals surface area contributed by atoms with E-state index in [2.05, 4.69) is 154 Å². The average molecular weight is 982 g/mol. The molecular formula is C65H104O6. The molecule has 0 aliphatic carbocycles. The summed E-state index contributed by atoms with van der Waals surface area (Å²) in [7, 11) is 0. The number of hydrogen-bond donors (Lipinski definition) is 0. The van der Waals surface area contributed by atoms with E-state index in [0.29, 0.717) is 19.3 Å². The van der Waals surface area contributed by atoms with E-state index in [1.807, 2.05) is 0 Å². The molecule has 0 radical (unpaired) electrons. The van der Waals surface area contributed by atoms with Gasteiger partial charge in [0.05, 0.1) is 0 Å². The smallest absolute Gasteiger partial charge is 0.306 e. The first-order chi connectivity index (χ1) is 35.0. The summed E-state index contributed by atoms with van der Waals surface area (Å²) >= 11 is 0. The van der Waals surface area contributed by atoms with Crippen LogP contribution in [0.2, 0.25) is 0 Å². The van der Waals surface area contributed by atoms with Crippen LogP contribution in [0.15, 0.2) is 134 Å². The topological polar surface area (TPSA) is 78.9 Å². The van der Waals surface area contributed by atoms with Crippen molar-refractivity contribution in [1.29, 1.82) is 0 Å². The standard InChI is InChI=1S/C65H104O6/c1-4-7-10-13-16-19-22-25-28-30-31-32-33-35-37-40-43-46-49-52-55-58-64(67)70-61-62(60-69-63(66)57-54-51-48-45-42-39-36-27-24-21-18-15-12-9-6-3)71-65(68)59-56-53-50-47-44-41-38-34-29-26-23-20-17-14-11-8-5-2/h7-8,10-11,16-17,19-20,25-26,28-29,31-32,35,37-38,41,43,46-47,50,62H,4-6,9,12-15,18,21-24,27,30,33-34,36,39-40,42,44-45,48-49,51-61H2,1-3H3/b10-7-,11-8-,19-16-,20-17-,28-25-,29-26-,32-31-,37-35-,41-38-,46-43-,50-47-. The lowest BCUT2D eigenvalue weighted by Gasteiger charge is -2.18. The molecule has 0 aromatic heterocycles. The van der Waals surface area contributed by atoms with Gasteiger partial charge in [0, 0.05) is 19.3 Å². The van der Waals surface area contributed by atoms with Gasteiger partial charge in [-0.2, -0.15) is 0 Å². The number of carbonyl (C=O) groups excluding carboxylic acids is 3. The van der Waals surface area contributed by atoms with Gasteiger partial charge in [-0.05, 0) is 109 Å². The van der Waals surface area contributed by atoms with Crippen molar-refractivity contribution >= 4 is 17.9 Å². The van der Waals surface area contributed by atoms with Crippen LogP contribution in [0.3, 0.4) is 0 Å². The van der Waals surface area contributed by atoms with Crippen molar-refractivity contribution in [1.82, 2.24) is 0 Å². The third-order valence-corrected chi connectivity index (χ3v) is 11.7. The van der Waals surface area contributed by atoms with Crippen LogP contribution in [0.5, 0.6) is 0 Å². The number of esters is 3. The molecule has 0 saturated carbocycles. The van der Waals surface area contributed by atoms with Gasteiger partial charge in [-0.3, -0.25) is 14.4 Å². The van der Waals surface area contributed by atoms with E-state index in [1.54, 1.807) is 0 Å². The zero-order chi connectivity index (χ0) is 51.4. The highest BCUT2D eigenvalue weighted by molar-refractivity contribution is 5.71. The third-order valence-electron chi connectivity index (χ3n) is 11.7. The summed E-state index contributed by atoms with van der Waals surface area (Å²) in [6.45, 7) is 6.33. The van der Waals surface area contributed by atoms with E-state index in [-0.39, 0.29) is 44.0 Å². The first kappa shape index (κ1) is 66.6. The highest BCUT2D eigenvalue weighted by Gasteiger charge is 2.19. The Morgan fingerprint density at radius 1 is 0.296 bits per heavy atom. The van der Waals surface area contributed by atoms with Crippen molar-refractivity contribution in [3.63, 3.8) is 0 Å². The maximum absolute atomic E-state index is 12.8. The summed E-state index contributed by atoms with van der Waals surface area (Å²) in [6, 6.07) is 0. The Morgan fingerprint density at radius 2 is 0.563 bits per heavy atom. The van der Waals surface area contributed by atoms with Crippen LogP contribution in [-0.2, 0) is 28.6 Å². The van der Waals surface area contributed by atoms with Gasteiger partial charge in [-0.15, -0.1) is 0 Å². The molecule has 1 unspecified atom stereocenters. The Hall–Kier alpha value is -4.45. The number of carbonyl (C=O) groups is 3.